The number of carbonyl (C=O) groups is 2. The molecule has 0 saturated carbocycles. The van der Waals surface area contributed by atoms with Gasteiger partial charge in [0.05, 0.1) is 25.2 Å². The van der Waals surface area contributed by atoms with Crippen LogP contribution in [0.25, 0.3) is 0 Å². The smallest absolute Gasteiger partial charge is 0.306 e. The molecule has 0 fully saturated rings. The molecule has 0 bridgehead atoms. The molecular formula is C55H97NO5. The molecule has 0 radical (unpaired) electrons. The molecule has 3 unspecified atom stereocenters. The molecule has 0 aromatic rings. The van der Waals surface area contributed by atoms with Crippen molar-refractivity contribution >= 4 is 11.9 Å². The van der Waals surface area contributed by atoms with Gasteiger partial charge in [0, 0.05) is 6.42 Å². The molecule has 0 aromatic heterocycles. The van der Waals surface area contributed by atoms with Crippen molar-refractivity contribution in [2.24, 2.45) is 0 Å². The van der Waals surface area contributed by atoms with Gasteiger partial charge >= 0.3 is 5.97 Å². The summed E-state index contributed by atoms with van der Waals surface area (Å²) in [5, 5.41) is 23.7. The standard InChI is InChI=1S/C55H97NO5/c1-4-7-10-13-16-19-22-24-25-26-27-28-29-31-33-36-39-42-45-48-55(60)61-51(46-43-40-37-34-32-30-23-20-17-14-11-8-5-2)49-54(59)56-52(50-57)53(58)47-44-41-38-35-21-18-15-12-9-6-3/h8,11,14,17,20,23-25,30,32,34,37,51-53,57-58H,4-7,9-10,12-13,15-16,18-19,21-22,26-29,31,33,35-36,38-50H2,1-3H3,(H,56,59)/b11-8+,17-14+,23-20-,25-24+,32-30-,37-34+. The summed E-state index contributed by atoms with van der Waals surface area (Å²) in [5.41, 5.74) is 0. The summed E-state index contributed by atoms with van der Waals surface area (Å²) in [6.45, 7) is 6.30. The van der Waals surface area contributed by atoms with Gasteiger partial charge in [0.2, 0.25) is 5.91 Å². The molecule has 0 spiro atoms. The van der Waals surface area contributed by atoms with Gasteiger partial charge in [0.25, 0.3) is 0 Å². The summed E-state index contributed by atoms with van der Waals surface area (Å²) in [4.78, 5) is 26.1. The van der Waals surface area contributed by atoms with Crippen LogP contribution >= 0.6 is 0 Å². The van der Waals surface area contributed by atoms with E-state index in [2.05, 4.69) is 50.4 Å². The van der Waals surface area contributed by atoms with Crippen LogP contribution in [-0.2, 0) is 14.3 Å². The molecule has 0 aliphatic rings. The van der Waals surface area contributed by atoms with Crippen LogP contribution in [0.5, 0.6) is 0 Å². The van der Waals surface area contributed by atoms with Gasteiger partial charge in [-0.2, -0.15) is 0 Å². The molecule has 6 nitrogen and oxygen atoms in total. The van der Waals surface area contributed by atoms with Crippen molar-refractivity contribution in [2.45, 2.75) is 257 Å². The Balaban J connectivity index is 4.61. The Kier molecular flexibility index (Phi) is 46.2. The Labute approximate surface area is 377 Å². The van der Waals surface area contributed by atoms with Crippen molar-refractivity contribution in [3.8, 4) is 0 Å². The number of hydrogen-bond donors (Lipinski definition) is 3. The third-order valence-electron chi connectivity index (χ3n) is 11.4. The van der Waals surface area contributed by atoms with E-state index in [1.54, 1.807) is 0 Å². The van der Waals surface area contributed by atoms with E-state index in [9.17, 15) is 19.8 Å². The van der Waals surface area contributed by atoms with Crippen LogP contribution in [0.4, 0.5) is 0 Å². The molecule has 61 heavy (non-hydrogen) atoms. The van der Waals surface area contributed by atoms with Crippen molar-refractivity contribution in [1.29, 1.82) is 0 Å². The second-order valence-electron chi connectivity index (χ2n) is 17.3. The minimum Gasteiger partial charge on any atom is -0.462 e. The molecule has 1 amide bonds. The van der Waals surface area contributed by atoms with Gasteiger partial charge in [-0.1, -0.05) is 235 Å². The number of aliphatic hydroxyl groups is 2. The molecule has 0 aromatic carbocycles. The molecule has 0 heterocycles. The van der Waals surface area contributed by atoms with E-state index in [0.717, 1.165) is 57.8 Å². The summed E-state index contributed by atoms with van der Waals surface area (Å²) in [6, 6.07) is -0.726. The van der Waals surface area contributed by atoms with E-state index >= 15 is 0 Å². The zero-order chi connectivity index (χ0) is 44.5. The first-order valence-corrected chi connectivity index (χ1v) is 25.7. The van der Waals surface area contributed by atoms with Gasteiger partial charge in [0.1, 0.15) is 6.10 Å². The predicted molar refractivity (Wildman–Crippen MR) is 264 cm³/mol. The fraction of sp³-hybridized carbons (Fsp3) is 0.745. The maximum Gasteiger partial charge on any atom is 0.306 e. The number of aliphatic hydroxyl groups excluding tert-OH is 2. The lowest BCUT2D eigenvalue weighted by molar-refractivity contribution is -0.151. The lowest BCUT2D eigenvalue weighted by Gasteiger charge is -2.24. The van der Waals surface area contributed by atoms with Gasteiger partial charge in [-0.05, 0) is 64.2 Å². The van der Waals surface area contributed by atoms with E-state index in [1.807, 2.05) is 48.6 Å². The number of esters is 1. The van der Waals surface area contributed by atoms with Crippen LogP contribution in [0.1, 0.15) is 239 Å². The van der Waals surface area contributed by atoms with Crippen LogP contribution < -0.4 is 5.32 Å². The fourth-order valence-corrected chi connectivity index (χ4v) is 7.51. The van der Waals surface area contributed by atoms with Gasteiger partial charge in [0.15, 0.2) is 0 Å². The highest BCUT2D eigenvalue weighted by Gasteiger charge is 2.24. The summed E-state index contributed by atoms with van der Waals surface area (Å²) < 4.78 is 5.89. The van der Waals surface area contributed by atoms with E-state index in [4.69, 9.17) is 4.74 Å². The molecule has 3 N–H and O–H groups in total. The van der Waals surface area contributed by atoms with Gasteiger partial charge in [-0.3, -0.25) is 9.59 Å². The Bertz CT molecular complexity index is 1140. The minimum atomic E-state index is -0.808. The van der Waals surface area contributed by atoms with Crippen LogP contribution in [0.2, 0.25) is 0 Å². The number of hydrogen-bond acceptors (Lipinski definition) is 5. The van der Waals surface area contributed by atoms with E-state index < -0.39 is 18.2 Å². The highest BCUT2D eigenvalue weighted by Crippen LogP contribution is 2.17. The van der Waals surface area contributed by atoms with Gasteiger partial charge < -0.3 is 20.3 Å². The van der Waals surface area contributed by atoms with Crippen LogP contribution in [0.3, 0.4) is 0 Å². The third-order valence-corrected chi connectivity index (χ3v) is 11.4. The van der Waals surface area contributed by atoms with Crippen LogP contribution in [0.15, 0.2) is 72.9 Å². The topological polar surface area (TPSA) is 95.9 Å². The number of carbonyl (C=O) groups excluding carboxylic acids is 2. The molecule has 352 valence electrons. The van der Waals surface area contributed by atoms with E-state index in [-0.39, 0.29) is 24.9 Å². The first-order valence-electron chi connectivity index (χ1n) is 25.7. The van der Waals surface area contributed by atoms with E-state index in [1.165, 1.54) is 135 Å². The van der Waals surface area contributed by atoms with Crippen molar-refractivity contribution in [3.05, 3.63) is 72.9 Å². The molecular weight excluding hydrogens is 755 g/mol. The Morgan fingerprint density at radius 3 is 1.41 bits per heavy atom. The van der Waals surface area contributed by atoms with Gasteiger partial charge in [-0.15, -0.1) is 0 Å². The molecule has 0 saturated heterocycles. The Morgan fingerprint density at radius 2 is 0.918 bits per heavy atom. The molecule has 0 aliphatic heterocycles. The summed E-state index contributed by atoms with van der Waals surface area (Å²) in [6.07, 6.45) is 61.2. The Hall–Kier alpha value is -2.70. The van der Waals surface area contributed by atoms with Crippen molar-refractivity contribution in [1.82, 2.24) is 5.32 Å². The van der Waals surface area contributed by atoms with Crippen molar-refractivity contribution < 1.29 is 24.5 Å². The highest BCUT2D eigenvalue weighted by atomic mass is 16.5. The lowest BCUT2D eigenvalue weighted by atomic mass is 10.0. The average Bonchev–Trinajstić information content (AvgIpc) is 3.25. The fourth-order valence-electron chi connectivity index (χ4n) is 7.51. The quantitative estimate of drug-likeness (QED) is 0.0245. The van der Waals surface area contributed by atoms with Crippen LogP contribution in [-0.4, -0.2) is 46.9 Å². The SMILES string of the molecule is CC/C=C/C=C/C=C\C=C/C=C/CCCC(CC(=O)NC(CO)C(O)CCCCCCCCCCCC)OC(=O)CCCCCCCCCCC/C=C/CCCCCCCC. The van der Waals surface area contributed by atoms with E-state index in [0.29, 0.717) is 19.3 Å². The first kappa shape index (κ1) is 58.3. The normalized spacial score (nSPS) is 13.9. The van der Waals surface area contributed by atoms with Gasteiger partial charge in [-0.25, -0.2) is 0 Å². The number of allylic oxidation sites excluding steroid dienone is 12. The number of rotatable bonds is 45. The zero-order valence-electron chi connectivity index (χ0n) is 40.0. The molecule has 6 heteroatoms. The molecule has 3 atom stereocenters. The Morgan fingerprint density at radius 1 is 0.492 bits per heavy atom. The predicted octanol–water partition coefficient (Wildman–Crippen LogP) is 15.4. The summed E-state index contributed by atoms with van der Waals surface area (Å²) in [5.74, 6) is -0.550. The molecule has 0 aliphatic carbocycles. The minimum absolute atomic E-state index is 0.0259. The monoisotopic (exact) mass is 852 g/mol. The highest BCUT2D eigenvalue weighted by molar-refractivity contribution is 5.77. The number of nitrogens with one attached hydrogen (secondary N) is 1. The zero-order valence-corrected chi connectivity index (χ0v) is 40.0. The largest absolute Gasteiger partial charge is 0.462 e. The van der Waals surface area contributed by atoms with Crippen LogP contribution in [0, 0.1) is 0 Å². The maximum absolute atomic E-state index is 13.2. The van der Waals surface area contributed by atoms with Crippen molar-refractivity contribution in [2.75, 3.05) is 6.61 Å². The summed E-state index contributed by atoms with van der Waals surface area (Å²) >= 11 is 0. The second kappa shape index (κ2) is 48.3. The average molecular weight is 852 g/mol. The number of amides is 1. The lowest BCUT2D eigenvalue weighted by Crippen LogP contribution is -2.46. The summed E-state index contributed by atoms with van der Waals surface area (Å²) in [7, 11) is 0. The first-order chi connectivity index (χ1) is 30.0. The van der Waals surface area contributed by atoms with Crippen molar-refractivity contribution in [3.63, 3.8) is 0 Å². The third kappa shape index (κ3) is 43.7. The molecule has 0 rings (SSSR count). The number of ether oxygens (including phenoxy) is 1. The maximum atomic E-state index is 13.2. The number of unbranched alkanes of at least 4 members (excludes halogenated alkanes) is 25. The second-order valence-corrected chi connectivity index (χ2v) is 17.3.